The minimum absolute atomic E-state index is 0.0563. The van der Waals surface area contributed by atoms with E-state index in [1.807, 2.05) is 40.9 Å². The van der Waals surface area contributed by atoms with Crippen LogP contribution in [0.25, 0.3) is 0 Å². The zero-order chi connectivity index (χ0) is 20.4. The van der Waals surface area contributed by atoms with Crippen LogP contribution in [-0.2, 0) is 9.53 Å². The van der Waals surface area contributed by atoms with Gasteiger partial charge in [0.05, 0.1) is 11.7 Å². The lowest BCUT2D eigenvalue weighted by molar-refractivity contribution is -0.141. The van der Waals surface area contributed by atoms with Crippen molar-refractivity contribution in [3.63, 3.8) is 0 Å². The molecule has 158 valence electrons. The Morgan fingerprint density at radius 3 is 2.69 bits per heavy atom. The van der Waals surface area contributed by atoms with Crippen LogP contribution >= 0.6 is 0 Å². The molecule has 1 spiro atoms. The minimum Gasteiger partial charge on any atom is -0.376 e. The number of anilines is 1. The maximum atomic E-state index is 12.9. The minimum atomic E-state index is 0.0563. The Bertz CT molecular complexity index is 735. The lowest BCUT2D eigenvalue weighted by Gasteiger charge is -2.47. The summed E-state index contributed by atoms with van der Waals surface area (Å²) < 4.78 is 5.74. The molecule has 3 fully saturated rings. The number of carbonyl (C=O) groups excluding carboxylic acids is 2. The molecule has 3 aliphatic heterocycles. The van der Waals surface area contributed by atoms with Crippen LogP contribution in [0.4, 0.5) is 5.82 Å². The third kappa shape index (κ3) is 4.39. The van der Waals surface area contributed by atoms with E-state index in [4.69, 9.17) is 4.74 Å². The van der Waals surface area contributed by atoms with E-state index in [0.717, 1.165) is 70.7 Å². The van der Waals surface area contributed by atoms with Gasteiger partial charge in [0.2, 0.25) is 5.91 Å². The topological polar surface area (TPSA) is 66.0 Å². The molecule has 0 aromatic carbocycles. The van der Waals surface area contributed by atoms with E-state index in [-0.39, 0.29) is 23.3 Å². The molecular weight excluding hydrogens is 368 g/mol. The molecule has 0 aliphatic carbocycles. The predicted molar refractivity (Wildman–Crippen MR) is 111 cm³/mol. The van der Waals surface area contributed by atoms with Crippen molar-refractivity contribution in [2.75, 3.05) is 51.8 Å². The number of rotatable bonds is 4. The van der Waals surface area contributed by atoms with Crippen LogP contribution in [0, 0.1) is 5.41 Å². The molecule has 0 radical (unpaired) electrons. The molecular formula is C22H32N4O3. The van der Waals surface area contributed by atoms with Crippen LogP contribution in [0.2, 0.25) is 0 Å². The quantitative estimate of drug-likeness (QED) is 0.775. The first-order chi connectivity index (χ1) is 14.0. The fourth-order valence-electron chi connectivity index (χ4n) is 4.85. The molecule has 1 atom stereocenters. The van der Waals surface area contributed by atoms with Gasteiger partial charge in [-0.15, -0.1) is 0 Å². The smallest absolute Gasteiger partial charge is 0.255 e. The van der Waals surface area contributed by atoms with E-state index in [2.05, 4.69) is 4.98 Å². The Morgan fingerprint density at radius 2 is 2.07 bits per heavy atom. The van der Waals surface area contributed by atoms with Crippen molar-refractivity contribution in [2.45, 2.75) is 44.6 Å². The molecule has 29 heavy (non-hydrogen) atoms. The summed E-state index contributed by atoms with van der Waals surface area (Å²) in [5, 5.41) is 0. The summed E-state index contributed by atoms with van der Waals surface area (Å²) in [6.07, 6.45) is 7.50. The molecule has 7 nitrogen and oxygen atoms in total. The Hall–Kier alpha value is -2.15. The number of ether oxygens (including phenoxy) is 1. The highest BCUT2D eigenvalue weighted by Crippen LogP contribution is 2.40. The Kier molecular flexibility index (Phi) is 5.76. The number of amides is 2. The second-order valence-corrected chi connectivity index (χ2v) is 9.00. The predicted octanol–water partition coefficient (Wildman–Crippen LogP) is 2.17. The summed E-state index contributed by atoms with van der Waals surface area (Å²) >= 11 is 0. The molecule has 4 rings (SSSR count). The zero-order valence-electron chi connectivity index (χ0n) is 17.6. The summed E-state index contributed by atoms with van der Waals surface area (Å²) in [4.78, 5) is 35.6. The van der Waals surface area contributed by atoms with Gasteiger partial charge in [-0.25, -0.2) is 4.98 Å². The van der Waals surface area contributed by atoms with Crippen molar-refractivity contribution in [1.82, 2.24) is 14.8 Å². The molecule has 1 aromatic rings. The Labute approximate surface area is 173 Å². The number of hydrogen-bond acceptors (Lipinski definition) is 5. The van der Waals surface area contributed by atoms with Crippen LogP contribution < -0.4 is 4.90 Å². The summed E-state index contributed by atoms with van der Waals surface area (Å²) in [7, 11) is 3.87. The van der Waals surface area contributed by atoms with E-state index in [1.165, 1.54) is 0 Å². The molecule has 2 amide bonds. The standard InChI is InChI=1S/C22H32N4O3/c1-24(2)19-6-5-17(14-23-19)21(28)25-11-9-22(10-12-25)8-7-20(27)26(16-22)15-18-4-3-13-29-18/h5-6,14,18H,3-4,7-13,15-16H2,1-2H3. The van der Waals surface area contributed by atoms with Gasteiger partial charge in [0.15, 0.2) is 0 Å². The third-order valence-corrected chi connectivity index (χ3v) is 6.76. The van der Waals surface area contributed by atoms with Crippen LogP contribution in [0.1, 0.15) is 48.9 Å². The molecule has 0 saturated carbocycles. The Morgan fingerprint density at radius 1 is 1.28 bits per heavy atom. The largest absolute Gasteiger partial charge is 0.376 e. The van der Waals surface area contributed by atoms with E-state index in [0.29, 0.717) is 12.0 Å². The van der Waals surface area contributed by atoms with Crippen molar-refractivity contribution < 1.29 is 14.3 Å². The summed E-state index contributed by atoms with van der Waals surface area (Å²) in [5.41, 5.74) is 0.793. The molecule has 0 bridgehead atoms. The number of piperidine rings is 2. The van der Waals surface area contributed by atoms with Crippen LogP contribution in [0.3, 0.4) is 0 Å². The summed E-state index contributed by atoms with van der Waals surface area (Å²) in [6, 6.07) is 3.74. The zero-order valence-corrected chi connectivity index (χ0v) is 17.6. The molecule has 7 heteroatoms. The van der Waals surface area contributed by atoms with Crippen LogP contribution in [0.15, 0.2) is 18.3 Å². The lowest BCUT2D eigenvalue weighted by atomic mass is 9.72. The Balaban J connectivity index is 1.35. The average molecular weight is 401 g/mol. The van der Waals surface area contributed by atoms with Crippen molar-refractivity contribution in [2.24, 2.45) is 5.41 Å². The molecule has 3 saturated heterocycles. The van der Waals surface area contributed by atoms with Gasteiger partial charge < -0.3 is 19.4 Å². The van der Waals surface area contributed by atoms with Gasteiger partial charge in [-0.3, -0.25) is 9.59 Å². The highest BCUT2D eigenvalue weighted by Gasteiger charge is 2.42. The fourth-order valence-corrected chi connectivity index (χ4v) is 4.85. The lowest BCUT2D eigenvalue weighted by Crippen LogP contribution is -2.53. The van der Waals surface area contributed by atoms with Gasteiger partial charge in [0.25, 0.3) is 5.91 Å². The number of carbonyl (C=O) groups is 2. The van der Waals surface area contributed by atoms with E-state index in [9.17, 15) is 9.59 Å². The first kappa shape index (κ1) is 20.1. The van der Waals surface area contributed by atoms with E-state index < -0.39 is 0 Å². The van der Waals surface area contributed by atoms with Gasteiger partial charge >= 0.3 is 0 Å². The number of likely N-dealkylation sites (tertiary alicyclic amines) is 2. The van der Waals surface area contributed by atoms with E-state index in [1.54, 1.807) is 6.20 Å². The highest BCUT2D eigenvalue weighted by molar-refractivity contribution is 5.94. The number of nitrogens with zero attached hydrogens (tertiary/aromatic N) is 4. The average Bonchev–Trinajstić information content (AvgIpc) is 3.24. The van der Waals surface area contributed by atoms with Gasteiger partial charge in [-0.2, -0.15) is 0 Å². The monoisotopic (exact) mass is 400 g/mol. The van der Waals surface area contributed by atoms with Crippen LogP contribution in [0.5, 0.6) is 0 Å². The number of hydrogen-bond donors (Lipinski definition) is 0. The molecule has 4 heterocycles. The second-order valence-electron chi connectivity index (χ2n) is 9.00. The molecule has 0 N–H and O–H groups in total. The van der Waals surface area contributed by atoms with Crippen molar-refractivity contribution >= 4 is 17.6 Å². The van der Waals surface area contributed by atoms with Gasteiger partial charge in [0.1, 0.15) is 5.82 Å². The first-order valence-electron chi connectivity index (χ1n) is 10.8. The number of aromatic nitrogens is 1. The maximum Gasteiger partial charge on any atom is 0.255 e. The molecule has 1 unspecified atom stereocenters. The van der Waals surface area contributed by atoms with Gasteiger partial charge in [0, 0.05) is 59.5 Å². The number of pyridine rings is 1. The molecule has 3 aliphatic rings. The fraction of sp³-hybridized carbons (Fsp3) is 0.682. The second kappa shape index (κ2) is 8.30. The molecule has 1 aromatic heterocycles. The van der Waals surface area contributed by atoms with Gasteiger partial charge in [-0.05, 0) is 49.7 Å². The maximum absolute atomic E-state index is 12.9. The van der Waals surface area contributed by atoms with Gasteiger partial charge in [-0.1, -0.05) is 0 Å². The van der Waals surface area contributed by atoms with Crippen molar-refractivity contribution in [3.8, 4) is 0 Å². The van der Waals surface area contributed by atoms with Crippen LogP contribution in [-0.4, -0.2) is 79.6 Å². The first-order valence-corrected chi connectivity index (χ1v) is 10.8. The highest BCUT2D eigenvalue weighted by atomic mass is 16.5. The van der Waals surface area contributed by atoms with Crippen molar-refractivity contribution in [1.29, 1.82) is 0 Å². The third-order valence-electron chi connectivity index (χ3n) is 6.76. The normalized spacial score (nSPS) is 24.2. The van der Waals surface area contributed by atoms with E-state index >= 15 is 0 Å². The van der Waals surface area contributed by atoms with Crippen molar-refractivity contribution in [3.05, 3.63) is 23.9 Å². The summed E-state index contributed by atoms with van der Waals surface area (Å²) in [5.74, 6) is 1.16. The SMILES string of the molecule is CN(C)c1ccc(C(=O)N2CCC3(CCC(=O)N(CC4CCCO4)C3)CC2)cn1. The summed E-state index contributed by atoms with van der Waals surface area (Å²) in [6.45, 7) is 3.85.